The third-order valence-electron chi connectivity index (χ3n) is 24.9. The molecule has 1 saturated heterocycles. The van der Waals surface area contributed by atoms with Crippen molar-refractivity contribution in [3.63, 3.8) is 0 Å². The van der Waals surface area contributed by atoms with Crippen LogP contribution in [0.4, 0.5) is 20.2 Å². The summed E-state index contributed by atoms with van der Waals surface area (Å²) < 4.78 is 108. The van der Waals surface area contributed by atoms with Crippen molar-refractivity contribution in [2.24, 2.45) is 11.7 Å². The number of aliphatic carboxylic acids is 1. The second-order valence-electron chi connectivity index (χ2n) is 35.5. The first-order chi connectivity index (χ1) is 64.4. The summed E-state index contributed by atoms with van der Waals surface area (Å²) in [6.07, 6.45) is 17.1. The topological polar surface area (TPSA) is 333 Å². The van der Waals surface area contributed by atoms with Crippen LogP contribution in [0.1, 0.15) is 182 Å². The minimum Gasteiger partial charge on any atom is -0.481 e. The van der Waals surface area contributed by atoms with Gasteiger partial charge in [0.1, 0.15) is 41.3 Å². The third kappa shape index (κ3) is 29.3. The summed E-state index contributed by atoms with van der Waals surface area (Å²) >= 11 is 1.03. The fraction of sp³-hybridized carbons (Fsp3) is 0.471. The fourth-order valence-corrected chi connectivity index (χ4v) is 19.2. The number of fused-ring (bicyclic) bond motifs is 2. The van der Waals surface area contributed by atoms with Crippen LogP contribution >= 0.6 is 11.8 Å². The zero-order chi connectivity index (χ0) is 95.9. The maximum atomic E-state index is 15.0. The molecule has 2 unspecified atom stereocenters. The van der Waals surface area contributed by atoms with Crippen molar-refractivity contribution in [2.75, 3.05) is 122 Å². The Kier molecular flexibility index (Phi) is 39.5. The van der Waals surface area contributed by atoms with Crippen LogP contribution in [0.2, 0.25) is 0 Å². The van der Waals surface area contributed by atoms with Gasteiger partial charge in [-0.25, -0.2) is 13.6 Å². The summed E-state index contributed by atoms with van der Waals surface area (Å²) in [7, 11) is -4.10. The number of ketones is 2. The Balaban J connectivity index is 0.531. The normalized spacial score (nSPS) is 16.4. The predicted molar refractivity (Wildman–Crippen MR) is 515 cm³/mol. The highest BCUT2D eigenvalue weighted by atomic mass is 32.2. The molecule has 5 N–H and O–H groups in total. The van der Waals surface area contributed by atoms with Gasteiger partial charge in [-0.05, 0) is 161 Å². The monoisotopic (exact) mass is 1880 g/mol. The molecule has 0 bridgehead atoms. The average Bonchev–Trinajstić information content (AvgIpc) is 1.60. The van der Waals surface area contributed by atoms with Gasteiger partial charge in [0, 0.05) is 129 Å². The molecule has 0 spiro atoms. The average molecular weight is 1880 g/mol. The lowest BCUT2D eigenvalue weighted by Crippen LogP contribution is -2.44. The molecule has 0 saturated carbocycles. The van der Waals surface area contributed by atoms with E-state index >= 15 is 0 Å². The maximum Gasteiger partial charge on any atom is 0.331 e. The van der Waals surface area contributed by atoms with Crippen LogP contribution < -0.4 is 31.9 Å². The molecule has 26 nitrogen and oxygen atoms in total. The fourth-order valence-electron chi connectivity index (χ4n) is 17.4. The molecule has 3 amide bonds. The number of carboxylic acids is 1. The molecule has 720 valence electrons. The number of ether oxygens (including phenoxy) is 7. The van der Waals surface area contributed by atoms with E-state index in [0.29, 0.717) is 121 Å². The Morgan fingerprint density at radius 2 is 1.31 bits per heavy atom. The number of para-hydroxylation sites is 1. The number of nitrogens with zero attached hydrogens (tertiary/aromatic N) is 5. The highest BCUT2D eigenvalue weighted by molar-refractivity contribution is 8.00. The smallest absolute Gasteiger partial charge is 0.331 e. The number of aromatic nitrogens is 2. The summed E-state index contributed by atoms with van der Waals surface area (Å²) in [4.78, 5) is 110. The van der Waals surface area contributed by atoms with E-state index in [9.17, 15) is 65.2 Å². The number of unbranched alkanes of at least 4 members (excludes halogenated alkanes) is 3. The van der Waals surface area contributed by atoms with Crippen molar-refractivity contribution in [1.29, 1.82) is 0 Å². The lowest BCUT2D eigenvalue weighted by Gasteiger charge is -2.27. The molecule has 4 heterocycles. The van der Waals surface area contributed by atoms with Crippen molar-refractivity contribution in [3.05, 3.63) is 264 Å². The summed E-state index contributed by atoms with van der Waals surface area (Å²) in [6, 6.07) is 41.6. The number of likely N-dealkylation sites (tertiary alicyclic amines) is 1. The van der Waals surface area contributed by atoms with E-state index in [1.165, 1.54) is 38.7 Å². The molecule has 0 radical (unpaired) electrons. The van der Waals surface area contributed by atoms with Crippen molar-refractivity contribution < 1.29 is 93.4 Å². The van der Waals surface area contributed by atoms with Crippen LogP contribution in [0.3, 0.4) is 0 Å². The minimum atomic E-state index is -4.10. The summed E-state index contributed by atoms with van der Waals surface area (Å²) in [5, 5.41) is 12.1. The number of carbonyl (C=O) groups excluding carboxylic acids is 5. The largest absolute Gasteiger partial charge is 0.481 e. The number of Topliss-reactive ketones (excluding diaryl/α,β-unsaturated/α-hetero) is 2. The van der Waals surface area contributed by atoms with Crippen LogP contribution in [0.15, 0.2) is 196 Å². The number of hydrogen-bond acceptors (Lipinski definition) is 20. The van der Waals surface area contributed by atoms with E-state index in [1.807, 2.05) is 48.5 Å². The van der Waals surface area contributed by atoms with Gasteiger partial charge < -0.3 is 54.2 Å². The van der Waals surface area contributed by atoms with Crippen molar-refractivity contribution in [3.8, 4) is 16.9 Å². The molecule has 30 heteroatoms. The van der Waals surface area contributed by atoms with E-state index in [4.69, 9.17) is 38.9 Å². The van der Waals surface area contributed by atoms with Gasteiger partial charge in [-0.2, -0.15) is 13.0 Å². The number of nitrogens with one attached hydrogen (secondary N) is 1. The first kappa shape index (κ1) is 104. The van der Waals surface area contributed by atoms with Gasteiger partial charge in [0.05, 0.1) is 114 Å². The Labute approximate surface area is 789 Å². The van der Waals surface area contributed by atoms with Gasteiger partial charge in [0.2, 0.25) is 23.4 Å². The highest BCUT2D eigenvalue weighted by Gasteiger charge is 2.45. The molecule has 3 atom stereocenters. The Bertz CT molecular complexity index is 5630. The van der Waals surface area contributed by atoms with Crippen LogP contribution in [-0.2, 0) is 104 Å². The van der Waals surface area contributed by atoms with Crippen molar-refractivity contribution in [2.45, 2.75) is 193 Å². The molecular formula is C104H130F2N7O19S2+. The van der Waals surface area contributed by atoms with Crippen molar-refractivity contribution in [1.82, 2.24) is 19.4 Å². The van der Waals surface area contributed by atoms with Crippen LogP contribution in [0, 0.1) is 31.4 Å². The molecule has 4 aliphatic rings. The number of imide groups is 1. The summed E-state index contributed by atoms with van der Waals surface area (Å²) in [5.41, 5.74) is 17.8. The van der Waals surface area contributed by atoms with Crippen LogP contribution in [0.5, 0.6) is 5.75 Å². The summed E-state index contributed by atoms with van der Waals surface area (Å²) in [5.74, 6) is -4.38. The molecule has 1 aliphatic carbocycles. The van der Waals surface area contributed by atoms with Gasteiger partial charge in [-0.15, -0.1) is 11.8 Å². The first-order valence-corrected chi connectivity index (χ1v) is 49.4. The van der Waals surface area contributed by atoms with Gasteiger partial charge in [-0.1, -0.05) is 148 Å². The number of hydrogen-bond donors (Lipinski definition) is 4. The molecule has 1 fully saturated rings. The van der Waals surface area contributed by atoms with Crippen molar-refractivity contribution >= 4 is 74.2 Å². The van der Waals surface area contributed by atoms with E-state index < -0.39 is 74.5 Å². The number of nitrogens with two attached hydrogens (primary N) is 1. The molecule has 7 aromatic rings. The second-order valence-corrected chi connectivity index (χ2v) is 38.3. The predicted octanol–water partition coefficient (Wildman–Crippen LogP) is 15.3. The third-order valence-corrected chi connectivity index (χ3v) is 27.1. The Morgan fingerprint density at radius 3 is 1.99 bits per heavy atom. The van der Waals surface area contributed by atoms with E-state index in [1.54, 1.807) is 49.4 Å². The zero-order valence-electron chi connectivity index (χ0n) is 78.2. The van der Waals surface area contributed by atoms with Gasteiger partial charge in [0.25, 0.3) is 15.7 Å². The number of amides is 3. The van der Waals surface area contributed by atoms with Gasteiger partial charge >= 0.3 is 11.7 Å². The SMILES string of the molecule is CCCCCN1/C(=C/C=C2\CCCC(/C=C/C3=[N+](CCCCS(=O)(=O)O)c4ccccc4C3(C)C)=C2Oc2ccc(CCC(=O)NCCN3C(=O)CC(SCC(CC(=O)CCOCCOCCOCCOCCOCCOCCCC(=O)CCc4cccc(-c5c(C)n(Cc6c(F)cccc6F)c(=O)n(C[C@H](N)c6ccccc6)c5=O)c4)C(=O)O)C3=O)cc2)C(C)(C)c2cc(C)ccc21. The van der Waals surface area contributed by atoms with E-state index in [2.05, 4.69) is 111 Å². The molecular weight excluding hydrogens is 1750 g/mol. The number of thioether (sulfide) groups is 1. The number of benzene rings is 6. The number of halogens is 2. The molecule has 1 aromatic heterocycles. The Hall–Kier alpha value is -10.5. The number of allylic oxidation sites excluding steroid dienone is 7. The van der Waals surface area contributed by atoms with Crippen LogP contribution in [-0.4, -0.2) is 200 Å². The first-order valence-electron chi connectivity index (χ1n) is 46.7. The highest BCUT2D eigenvalue weighted by Crippen LogP contribution is 2.49. The van der Waals surface area contributed by atoms with Gasteiger partial charge in [-0.3, -0.25) is 52.1 Å². The zero-order valence-corrected chi connectivity index (χ0v) is 79.8. The lowest BCUT2D eigenvalue weighted by molar-refractivity contribution is -0.438. The standard InChI is InChI=1S/C104H129F2N7O19S2/c1-8-9-15-49-110-91-43-33-72(2)65-86(91)104(6,7)94(110)45-39-78-26-19-25-77(38-44-93-103(4,5)85-29-13-14-32-90(85)109(93)50-16-17-64-134(123,124)125)98(78)132-83-41-35-74(36-42-83)37-46-95(116)108-48-51-111-96(117)68-92(99(111)118)133-71-80(101(120)121)67-82(115)47-53-127-55-57-129-59-61-131-63-62-130-60-58-128-56-54-126-52-21-28-81(114)40-34-75-22-18-27-79(66-75)97-73(3)112(69-84-87(105)30-20-31-88(84)106)102(122)113(100(97)119)70-89(107)76-23-11-10-12-24-76/h10-14,18,20,22-24,27,29-33,35-36,38-39,41-45,65-66,80,89,92H,8-9,15-17,19,21,25-26,28,34,37,40,46-64,67-71,107H2,1-7H3,(H2-,108,116,120,121,123,124,125)/p+1/t80?,89-,92?/m0/s1. The number of carboxylic acid groups (broad SMARTS) is 1. The quantitative estimate of drug-likeness (QED) is 0.0119. The molecule has 11 rings (SSSR count). The number of aryl methyl sites for hydroxylation is 3. The van der Waals surface area contributed by atoms with Crippen LogP contribution in [0.25, 0.3) is 11.1 Å². The number of rotatable bonds is 57. The van der Waals surface area contributed by atoms with Gasteiger partial charge in [0.15, 0.2) is 5.71 Å². The van der Waals surface area contributed by atoms with E-state index in [0.717, 1.165) is 118 Å². The summed E-state index contributed by atoms with van der Waals surface area (Å²) in [6.45, 7) is 19.3. The second kappa shape index (κ2) is 50.9. The number of carbonyl (C=O) groups is 6. The molecule has 6 aromatic carbocycles. The minimum absolute atomic E-state index is 0.0215. The van der Waals surface area contributed by atoms with E-state index in [-0.39, 0.29) is 128 Å². The number of anilines is 1. The maximum absolute atomic E-state index is 15.0. The molecule has 3 aliphatic heterocycles. The lowest BCUT2D eigenvalue weighted by atomic mass is 9.81. The Morgan fingerprint density at radius 1 is 0.649 bits per heavy atom. The molecule has 134 heavy (non-hydrogen) atoms.